The van der Waals surface area contributed by atoms with Crippen LogP contribution in [0.3, 0.4) is 0 Å². The maximum Gasteiger partial charge on any atom is 0.148 e. The third-order valence-corrected chi connectivity index (χ3v) is 3.16. The number of hydrazine groups is 1. The summed E-state index contributed by atoms with van der Waals surface area (Å²) in [6, 6.07) is 5.95. The molecule has 0 aliphatic rings. The number of aromatic nitrogens is 3. The highest BCUT2D eigenvalue weighted by molar-refractivity contribution is 5.57. The van der Waals surface area contributed by atoms with E-state index in [2.05, 4.69) is 25.3 Å². The first-order valence-electron chi connectivity index (χ1n) is 6.54. The van der Waals surface area contributed by atoms with E-state index in [1.807, 2.05) is 45.3 Å². The summed E-state index contributed by atoms with van der Waals surface area (Å²) >= 11 is 0. The lowest BCUT2D eigenvalue weighted by atomic mass is 10.2. The predicted molar refractivity (Wildman–Crippen MR) is 80.5 cm³/mol. The molecule has 0 fully saturated rings. The van der Waals surface area contributed by atoms with E-state index in [1.165, 1.54) is 0 Å². The molecule has 0 aliphatic carbocycles. The minimum Gasteiger partial charge on any atom is -0.359 e. The number of aryl methyl sites for hydroxylation is 1. The van der Waals surface area contributed by atoms with Gasteiger partial charge in [-0.3, -0.25) is 4.98 Å². The number of nitrogens with zero attached hydrogens (tertiary/aromatic N) is 4. The molecule has 2 aromatic rings. The van der Waals surface area contributed by atoms with Crippen molar-refractivity contribution in [2.75, 3.05) is 23.9 Å². The van der Waals surface area contributed by atoms with Crippen molar-refractivity contribution in [3.05, 3.63) is 41.5 Å². The van der Waals surface area contributed by atoms with Gasteiger partial charge in [-0.25, -0.2) is 15.8 Å². The Morgan fingerprint density at radius 3 is 2.70 bits per heavy atom. The van der Waals surface area contributed by atoms with E-state index in [0.29, 0.717) is 11.6 Å². The smallest absolute Gasteiger partial charge is 0.148 e. The van der Waals surface area contributed by atoms with Crippen molar-refractivity contribution in [2.24, 2.45) is 5.84 Å². The standard InChI is InChI=1S/C14H20N6/c1-10-13(19-15)17-11(2)18-14(10)20(3)9-7-12-6-4-5-8-16-12/h4-6,8H,7,9,15H2,1-3H3,(H,17,18,19). The van der Waals surface area contributed by atoms with Crippen LogP contribution in [0, 0.1) is 13.8 Å². The maximum atomic E-state index is 5.48. The van der Waals surface area contributed by atoms with Gasteiger partial charge in [0, 0.05) is 37.5 Å². The van der Waals surface area contributed by atoms with Crippen LogP contribution >= 0.6 is 0 Å². The highest BCUT2D eigenvalue weighted by Gasteiger charge is 2.12. The molecule has 0 saturated heterocycles. The van der Waals surface area contributed by atoms with Gasteiger partial charge >= 0.3 is 0 Å². The number of nitrogens with two attached hydrogens (primary N) is 1. The van der Waals surface area contributed by atoms with Crippen LogP contribution in [0.2, 0.25) is 0 Å². The largest absolute Gasteiger partial charge is 0.359 e. The summed E-state index contributed by atoms with van der Waals surface area (Å²) in [6.45, 7) is 4.65. The second kappa shape index (κ2) is 6.29. The van der Waals surface area contributed by atoms with Crippen LogP contribution in [0.15, 0.2) is 24.4 Å². The molecule has 0 radical (unpaired) electrons. The molecule has 6 nitrogen and oxygen atoms in total. The monoisotopic (exact) mass is 272 g/mol. The fourth-order valence-electron chi connectivity index (χ4n) is 2.06. The normalized spacial score (nSPS) is 10.4. The molecule has 2 aromatic heterocycles. The van der Waals surface area contributed by atoms with Crippen molar-refractivity contribution in [1.29, 1.82) is 0 Å². The third-order valence-electron chi connectivity index (χ3n) is 3.16. The molecule has 106 valence electrons. The molecular formula is C14H20N6. The van der Waals surface area contributed by atoms with Crippen molar-refractivity contribution < 1.29 is 0 Å². The van der Waals surface area contributed by atoms with Crippen LogP contribution < -0.4 is 16.2 Å². The van der Waals surface area contributed by atoms with Gasteiger partial charge in [-0.1, -0.05) is 6.07 Å². The lowest BCUT2D eigenvalue weighted by Gasteiger charge is -2.21. The van der Waals surface area contributed by atoms with E-state index in [-0.39, 0.29) is 0 Å². The first kappa shape index (κ1) is 14.2. The van der Waals surface area contributed by atoms with Gasteiger partial charge in [0.15, 0.2) is 0 Å². The average Bonchev–Trinajstić information content (AvgIpc) is 2.47. The molecule has 0 aliphatic heterocycles. The predicted octanol–water partition coefficient (Wildman–Crippen LogP) is 1.45. The van der Waals surface area contributed by atoms with Crippen LogP contribution in [0.1, 0.15) is 17.1 Å². The van der Waals surface area contributed by atoms with Gasteiger partial charge in [-0.05, 0) is 26.0 Å². The SMILES string of the molecule is Cc1nc(NN)c(C)c(N(C)CCc2ccccn2)n1. The van der Waals surface area contributed by atoms with E-state index in [9.17, 15) is 0 Å². The summed E-state index contributed by atoms with van der Waals surface area (Å²) in [5, 5.41) is 0. The highest BCUT2D eigenvalue weighted by atomic mass is 15.3. The van der Waals surface area contributed by atoms with Crippen molar-refractivity contribution in [2.45, 2.75) is 20.3 Å². The lowest BCUT2D eigenvalue weighted by molar-refractivity contribution is 0.825. The van der Waals surface area contributed by atoms with Gasteiger partial charge in [0.1, 0.15) is 17.5 Å². The number of hydrogen-bond acceptors (Lipinski definition) is 6. The van der Waals surface area contributed by atoms with Crippen molar-refractivity contribution in [3.8, 4) is 0 Å². The molecule has 0 amide bonds. The summed E-state index contributed by atoms with van der Waals surface area (Å²) in [5.41, 5.74) is 4.63. The molecule has 0 bridgehead atoms. The Kier molecular flexibility index (Phi) is 4.47. The molecule has 6 heteroatoms. The fourth-order valence-corrected chi connectivity index (χ4v) is 2.06. The Morgan fingerprint density at radius 1 is 1.25 bits per heavy atom. The molecule has 2 rings (SSSR count). The summed E-state index contributed by atoms with van der Waals surface area (Å²) in [7, 11) is 2.01. The van der Waals surface area contributed by atoms with E-state index in [0.717, 1.165) is 30.0 Å². The average molecular weight is 272 g/mol. The van der Waals surface area contributed by atoms with Gasteiger partial charge in [0.2, 0.25) is 0 Å². The molecule has 0 aromatic carbocycles. The third kappa shape index (κ3) is 3.21. The maximum absolute atomic E-state index is 5.48. The zero-order chi connectivity index (χ0) is 14.5. The number of rotatable bonds is 5. The Hall–Kier alpha value is -2.21. The van der Waals surface area contributed by atoms with E-state index in [4.69, 9.17) is 5.84 Å². The minimum absolute atomic E-state index is 0.664. The van der Waals surface area contributed by atoms with Gasteiger partial charge in [-0.15, -0.1) is 0 Å². The van der Waals surface area contributed by atoms with Gasteiger partial charge < -0.3 is 10.3 Å². The molecule has 0 saturated carbocycles. The van der Waals surface area contributed by atoms with Crippen molar-refractivity contribution >= 4 is 11.6 Å². The van der Waals surface area contributed by atoms with Crippen LogP contribution in [0.5, 0.6) is 0 Å². The Labute approximate surface area is 119 Å². The second-order valence-corrected chi connectivity index (χ2v) is 4.71. The summed E-state index contributed by atoms with van der Waals surface area (Å²) in [6.07, 6.45) is 2.68. The van der Waals surface area contributed by atoms with Crippen LogP contribution in [-0.4, -0.2) is 28.5 Å². The summed E-state index contributed by atoms with van der Waals surface area (Å²) < 4.78 is 0. The van der Waals surface area contributed by atoms with Crippen LogP contribution in [0.4, 0.5) is 11.6 Å². The minimum atomic E-state index is 0.664. The molecular weight excluding hydrogens is 252 g/mol. The number of nitrogen functional groups attached to an aromatic ring is 1. The van der Waals surface area contributed by atoms with Gasteiger partial charge in [0.25, 0.3) is 0 Å². The van der Waals surface area contributed by atoms with Crippen LogP contribution in [0.25, 0.3) is 0 Å². The molecule has 0 atom stereocenters. The van der Waals surface area contributed by atoms with E-state index in [1.54, 1.807) is 0 Å². The number of hydrogen-bond donors (Lipinski definition) is 2. The zero-order valence-corrected chi connectivity index (χ0v) is 12.1. The Morgan fingerprint density at radius 2 is 2.05 bits per heavy atom. The Balaban J connectivity index is 2.13. The molecule has 20 heavy (non-hydrogen) atoms. The number of pyridine rings is 1. The number of nitrogens with one attached hydrogen (secondary N) is 1. The fraction of sp³-hybridized carbons (Fsp3) is 0.357. The first-order valence-corrected chi connectivity index (χ1v) is 6.54. The number of likely N-dealkylation sites (N-methyl/N-ethyl adjacent to an activating group) is 1. The summed E-state index contributed by atoms with van der Waals surface area (Å²) in [5.74, 6) is 7.74. The summed E-state index contributed by atoms with van der Waals surface area (Å²) in [4.78, 5) is 15.2. The first-order chi connectivity index (χ1) is 9.61. The topological polar surface area (TPSA) is 80.0 Å². The van der Waals surface area contributed by atoms with Crippen molar-refractivity contribution in [1.82, 2.24) is 15.0 Å². The molecule has 0 unspecified atom stereocenters. The second-order valence-electron chi connectivity index (χ2n) is 4.71. The molecule has 3 N–H and O–H groups in total. The van der Waals surface area contributed by atoms with Gasteiger partial charge in [0.05, 0.1) is 0 Å². The molecule has 0 spiro atoms. The lowest BCUT2D eigenvalue weighted by Crippen LogP contribution is -2.24. The Bertz CT molecular complexity index is 569. The van der Waals surface area contributed by atoms with Crippen LogP contribution in [-0.2, 0) is 6.42 Å². The van der Waals surface area contributed by atoms with E-state index >= 15 is 0 Å². The zero-order valence-electron chi connectivity index (χ0n) is 12.1. The van der Waals surface area contributed by atoms with E-state index < -0.39 is 0 Å². The van der Waals surface area contributed by atoms with Gasteiger partial charge in [-0.2, -0.15) is 0 Å². The quantitative estimate of drug-likeness (QED) is 0.633. The van der Waals surface area contributed by atoms with Crippen molar-refractivity contribution in [3.63, 3.8) is 0 Å². The number of anilines is 2. The molecule has 2 heterocycles. The highest BCUT2D eigenvalue weighted by Crippen LogP contribution is 2.21.